The number of guanidine groups is 1. The van der Waals surface area contributed by atoms with Crippen LogP contribution in [0.4, 0.5) is 0 Å². The summed E-state index contributed by atoms with van der Waals surface area (Å²) in [5.41, 5.74) is 5.44. The van der Waals surface area contributed by atoms with Gasteiger partial charge in [0.1, 0.15) is 6.04 Å². The second-order valence-electron chi connectivity index (χ2n) is 2.48. The first-order valence-electron chi connectivity index (χ1n) is 3.55. The van der Waals surface area contributed by atoms with Gasteiger partial charge in [-0.15, -0.1) is 0 Å². The lowest BCUT2D eigenvalue weighted by Gasteiger charge is -2.19. The van der Waals surface area contributed by atoms with Gasteiger partial charge in [-0.2, -0.15) is 4.99 Å². The number of methoxy groups -OCH3 is 1. The molecule has 2 atom stereocenters. The van der Waals surface area contributed by atoms with E-state index in [-0.39, 0.29) is 18.2 Å². The molecule has 0 aliphatic carbocycles. The highest BCUT2D eigenvalue weighted by atomic mass is 16.5. The largest absolute Gasteiger partial charge is 0.482 e. The first-order chi connectivity index (χ1) is 5.81. The third-order valence-corrected chi connectivity index (χ3v) is 1.74. The van der Waals surface area contributed by atoms with Gasteiger partial charge in [0, 0.05) is 0 Å². The summed E-state index contributed by atoms with van der Waals surface area (Å²) in [6, 6.07) is -0.0812. The minimum atomic E-state index is -0.211. The first kappa shape index (κ1) is 7.08. The van der Waals surface area contributed by atoms with E-state index in [0.717, 1.165) is 0 Å². The Labute approximate surface area is 69.2 Å². The van der Waals surface area contributed by atoms with Gasteiger partial charge < -0.3 is 15.8 Å². The Morgan fingerprint density at radius 3 is 3.25 bits per heavy atom. The number of nitrogens with two attached hydrogens (primary N) is 1. The third kappa shape index (κ3) is 0.919. The highest BCUT2D eigenvalue weighted by Crippen LogP contribution is 2.12. The molecule has 0 aromatic rings. The molecule has 2 heterocycles. The fraction of sp³-hybridized carbons (Fsp3) is 0.500. The molecule has 0 fully saturated rings. The summed E-state index contributed by atoms with van der Waals surface area (Å²) in [5, 5.41) is 2.97. The topological polar surface area (TPSA) is 84.4 Å². The van der Waals surface area contributed by atoms with E-state index in [1.165, 1.54) is 0 Å². The van der Waals surface area contributed by atoms with Crippen LogP contribution in [0.5, 0.6) is 0 Å². The smallest absolute Gasteiger partial charge is 0.220 e. The first-order valence-corrected chi connectivity index (χ1v) is 3.55. The van der Waals surface area contributed by atoms with Gasteiger partial charge in [-0.3, -0.25) is 0 Å². The summed E-state index contributed by atoms with van der Waals surface area (Å²) in [6.45, 7) is 0. The lowest BCUT2D eigenvalue weighted by Crippen LogP contribution is -2.44. The predicted octanol–water partition coefficient (Wildman–Crippen LogP) is -1.31. The fourth-order valence-electron chi connectivity index (χ4n) is 1.20. The van der Waals surface area contributed by atoms with Crippen LogP contribution in [0.15, 0.2) is 15.0 Å². The van der Waals surface area contributed by atoms with Crippen molar-refractivity contribution >= 4 is 18.2 Å². The molecule has 3 N–H and O–H groups in total. The minimum Gasteiger partial charge on any atom is -0.482 e. The molecule has 0 saturated carbocycles. The Morgan fingerprint density at radius 2 is 2.50 bits per heavy atom. The number of nitrogens with one attached hydrogen (secondary N) is 1. The summed E-state index contributed by atoms with van der Waals surface area (Å²) in [5.74, 6) is 0.749. The Balaban J connectivity index is 2.29. The predicted molar refractivity (Wildman–Crippen MR) is 45.3 cm³/mol. The van der Waals surface area contributed by atoms with Gasteiger partial charge in [0.05, 0.1) is 13.4 Å². The summed E-state index contributed by atoms with van der Waals surface area (Å²) in [4.78, 5) is 12.0. The van der Waals surface area contributed by atoms with Crippen molar-refractivity contribution in [2.45, 2.75) is 12.2 Å². The molecule has 2 unspecified atom stereocenters. The molecular formula is C6H9N5O. The Morgan fingerprint density at radius 1 is 1.67 bits per heavy atom. The average Bonchev–Trinajstić information content (AvgIpc) is 2.50. The van der Waals surface area contributed by atoms with Crippen molar-refractivity contribution in [3.05, 3.63) is 0 Å². The lowest BCUT2D eigenvalue weighted by molar-refractivity contribution is 0.369. The number of rotatable bonds is 0. The van der Waals surface area contributed by atoms with Crippen molar-refractivity contribution in [3.8, 4) is 0 Å². The van der Waals surface area contributed by atoms with E-state index < -0.39 is 0 Å². The summed E-state index contributed by atoms with van der Waals surface area (Å²) in [7, 11) is 1.55. The molecule has 0 aromatic heterocycles. The van der Waals surface area contributed by atoms with Crippen LogP contribution in [-0.2, 0) is 4.74 Å². The molecule has 0 amide bonds. The maximum absolute atomic E-state index is 5.44. The molecule has 0 radical (unpaired) electrons. The van der Waals surface area contributed by atoms with Crippen molar-refractivity contribution in [1.82, 2.24) is 5.32 Å². The van der Waals surface area contributed by atoms with Crippen molar-refractivity contribution in [3.63, 3.8) is 0 Å². The van der Waals surface area contributed by atoms with E-state index in [1.54, 1.807) is 13.4 Å². The van der Waals surface area contributed by atoms with Crippen LogP contribution < -0.4 is 11.1 Å². The van der Waals surface area contributed by atoms with Crippen LogP contribution >= 0.6 is 0 Å². The summed E-state index contributed by atoms with van der Waals surface area (Å²) < 4.78 is 5.02. The molecule has 0 spiro atoms. The maximum Gasteiger partial charge on any atom is 0.220 e. The van der Waals surface area contributed by atoms with E-state index in [2.05, 4.69) is 20.3 Å². The zero-order valence-corrected chi connectivity index (χ0v) is 6.56. The standard InChI is InChI=1S/C6H9N5O/c1-12-5-3-4(9-2-8-3)10-6(7)11-5/h2-4H,1H3,(H2,7,10)(H,8,9). The molecule has 6 heteroatoms. The molecule has 0 bridgehead atoms. The van der Waals surface area contributed by atoms with Crippen molar-refractivity contribution in [2.75, 3.05) is 7.11 Å². The highest BCUT2D eigenvalue weighted by Gasteiger charge is 2.32. The van der Waals surface area contributed by atoms with E-state index in [1.807, 2.05) is 0 Å². The molecule has 2 rings (SSSR count). The lowest BCUT2D eigenvalue weighted by atomic mass is 10.2. The van der Waals surface area contributed by atoms with Gasteiger partial charge in [0.25, 0.3) is 0 Å². The van der Waals surface area contributed by atoms with Gasteiger partial charge in [0.15, 0.2) is 6.17 Å². The normalized spacial score (nSPS) is 31.8. The van der Waals surface area contributed by atoms with Crippen LogP contribution in [0.3, 0.4) is 0 Å². The van der Waals surface area contributed by atoms with E-state index >= 15 is 0 Å². The fourth-order valence-corrected chi connectivity index (χ4v) is 1.20. The summed E-state index contributed by atoms with van der Waals surface area (Å²) >= 11 is 0. The molecule has 2 aliphatic rings. The number of hydrogen-bond donors (Lipinski definition) is 2. The second kappa shape index (κ2) is 2.47. The molecule has 0 aromatic carbocycles. The number of aliphatic imine (C=N–C) groups is 3. The SMILES string of the molecule is COC1=NC(N)=NC2N=CNC12. The van der Waals surface area contributed by atoms with E-state index in [4.69, 9.17) is 10.5 Å². The molecule has 6 nitrogen and oxygen atoms in total. The van der Waals surface area contributed by atoms with Crippen molar-refractivity contribution < 1.29 is 4.74 Å². The van der Waals surface area contributed by atoms with Gasteiger partial charge in [-0.1, -0.05) is 0 Å². The molecule has 12 heavy (non-hydrogen) atoms. The average molecular weight is 167 g/mol. The monoisotopic (exact) mass is 167 g/mol. The zero-order chi connectivity index (χ0) is 8.55. The summed E-state index contributed by atoms with van der Waals surface area (Å²) in [6.07, 6.45) is 1.38. The molecule has 0 saturated heterocycles. The quantitative estimate of drug-likeness (QED) is 0.469. The number of ether oxygens (including phenoxy) is 1. The Kier molecular flexibility index (Phi) is 1.46. The molecule has 2 aliphatic heterocycles. The number of hydrogen-bond acceptors (Lipinski definition) is 6. The van der Waals surface area contributed by atoms with Gasteiger partial charge in [0.2, 0.25) is 11.9 Å². The van der Waals surface area contributed by atoms with E-state index in [0.29, 0.717) is 5.90 Å². The number of nitrogens with zero attached hydrogens (tertiary/aromatic N) is 3. The van der Waals surface area contributed by atoms with Crippen LogP contribution in [0.1, 0.15) is 0 Å². The Bertz CT molecular complexity index is 282. The highest BCUT2D eigenvalue weighted by molar-refractivity contribution is 5.99. The van der Waals surface area contributed by atoms with Crippen LogP contribution in [-0.4, -0.2) is 37.5 Å². The Hall–Kier alpha value is -1.59. The maximum atomic E-state index is 5.44. The van der Waals surface area contributed by atoms with Crippen LogP contribution in [0.25, 0.3) is 0 Å². The zero-order valence-electron chi connectivity index (χ0n) is 6.56. The molecule has 64 valence electrons. The third-order valence-electron chi connectivity index (χ3n) is 1.74. The van der Waals surface area contributed by atoms with Gasteiger partial charge in [-0.05, 0) is 0 Å². The number of fused-ring (bicyclic) bond motifs is 1. The van der Waals surface area contributed by atoms with Crippen LogP contribution in [0.2, 0.25) is 0 Å². The minimum absolute atomic E-state index is 0.0812. The second-order valence-corrected chi connectivity index (χ2v) is 2.48. The van der Waals surface area contributed by atoms with Crippen molar-refractivity contribution in [1.29, 1.82) is 0 Å². The molecular weight excluding hydrogens is 158 g/mol. The van der Waals surface area contributed by atoms with Gasteiger partial charge in [-0.25, -0.2) is 9.98 Å². The van der Waals surface area contributed by atoms with Crippen molar-refractivity contribution in [2.24, 2.45) is 20.7 Å². The van der Waals surface area contributed by atoms with Crippen LogP contribution in [0, 0.1) is 0 Å². The van der Waals surface area contributed by atoms with E-state index in [9.17, 15) is 0 Å². The van der Waals surface area contributed by atoms with Gasteiger partial charge >= 0.3 is 0 Å².